The smallest absolute Gasteiger partial charge is 0.255 e. The Kier molecular flexibility index (Phi) is 4.77. The predicted octanol–water partition coefficient (Wildman–Crippen LogP) is 2.33. The van der Waals surface area contributed by atoms with Crippen molar-refractivity contribution in [3.8, 4) is 5.69 Å². The maximum atomic E-state index is 14.1. The van der Waals surface area contributed by atoms with E-state index in [1.165, 1.54) is 16.7 Å². The van der Waals surface area contributed by atoms with Gasteiger partial charge >= 0.3 is 0 Å². The van der Waals surface area contributed by atoms with Crippen LogP contribution in [-0.4, -0.2) is 23.8 Å². The molecule has 1 aromatic heterocycles. The van der Waals surface area contributed by atoms with Gasteiger partial charge in [-0.2, -0.15) is 0 Å². The second-order valence-electron chi connectivity index (χ2n) is 4.97. The van der Waals surface area contributed by atoms with Crippen LogP contribution in [0.15, 0.2) is 47.4 Å². The van der Waals surface area contributed by atoms with Gasteiger partial charge in [0.15, 0.2) is 0 Å². The quantitative estimate of drug-likeness (QED) is 0.654. The summed E-state index contributed by atoms with van der Waals surface area (Å²) < 4.78 is 23.9. The van der Waals surface area contributed by atoms with Crippen molar-refractivity contribution in [2.75, 3.05) is 17.8 Å². The van der Waals surface area contributed by atoms with E-state index in [9.17, 15) is 9.18 Å². The molecule has 1 saturated heterocycles. The van der Waals surface area contributed by atoms with Crippen molar-refractivity contribution in [2.24, 2.45) is 0 Å². The second-order valence-corrected chi connectivity index (χ2v) is 5.53. The summed E-state index contributed by atoms with van der Waals surface area (Å²) in [7, 11) is 0. The minimum absolute atomic E-state index is 0.141. The molecular formula is C15H16FN3O2S. The third kappa shape index (κ3) is 3.49. The fourth-order valence-corrected chi connectivity index (χ4v) is 2.83. The molecular weight excluding hydrogens is 305 g/mol. The molecule has 116 valence electrons. The van der Waals surface area contributed by atoms with Gasteiger partial charge in [0.1, 0.15) is 18.0 Å². The average Bonchev–Trinajstić information content (AvgIpc) is 3.03. The van der Waals surface area contributed by atoms with Crippen LogP contribution in [0.5, 0.6) is 0 Å². The first kappa shape index (κ1) is 15.1. The van der Waals surface area contributed by atoms with Crippen LogP contribution in [0.3, 0.4) is 0 Å². The summed E-state index contributed by atoms with van der Waals surface area (Å²) in [5.41, 5.74) is 0.609. The molecule has 5 nitrogen and oxygen atoms in total. The van der Waals surface area contributed by atoms with E-state index in [1.54, 1.807) is 30.5 Å². The number of aromatic nitrogens is 1. The maximum Gasteiger partial charge on any atom is 0.255 e. The SMILES string of the molecule is O=c1ccccn1-c1ccc(NSOC2CCNC2)c(F)c1. The van der Waals surface area contributed by atoms with Gasteiger partial charge in [0.25, 0.3) is 5.56 Å². The van der Waals surface area contributed by atoms with Crippen LogP contribution in [0.25, 0.3) is 5.69 Å². The number of hydrogen-bond donors (Lipinski definition) is 2. The Labute approximate surface area is 131 Å². The molecule has 0 saturated carbocycles. The number of halogens is 1. The average molecular weight is 321 g/mol. The highest BCUT2D eigenvalue weighted by Gasteiger charge is 2.15. The topological polar surface area (TPSA) is 55.3 Å². The summed E-state index contributed by atoms with van der Waals surface area (Å²) in [5, 5.41) is 3.19. The molecule has 1 aliphatic heterocycles. The Balaban J connectivity index is 1.67. The van der Waals surface area contributed by atoms with Crippen LogP contribution in [-0.2, 0) is 4.18 Å². The van der Waals surface area contributed by atoms with Gasteiger partial charge in [0.2, 0.25) is 0 Å². The van der Waals surface area contributed by atoms with Crippen LogP contribution >= 0.6 is 12.2 Å². The molecule has 1 aromatic carbocycles. The van der Waals surface area contributed by atoms with E-state index in [1.807, 2.05) is 0 Å². The first-order chi connectivity index (χ1) is 10.7. The summed E-state index contributed by atoms with van der Waals surface area (Å²) >= 11 is 1.02. The van der Waals surface area contributed by atoms with Crippen LogP contribution in [0, 0.1) is 5.82 Å². The van der Waals surface area contributed by atoms with E-state index in [4.69, 9.17) is 4.18 Å². The minimum Gasteiger partial charge on any atom is -0.314 e. The Hall–Kier alpha value is -1.83. The standard InChI is InChI=1S/C15H16FN3O2S/c16-13-9-11(19-8-2-1-3-15(19)20)4-5-14(13)18-22-21-12-6-7-17-10-12/h1-5,8-9,12,17-18H,6-7,10H2. The van der Waals surface area contributed by atoms with Gasteiger partial charge in [0.05, 0.1) is 17.5 Å². The molecule has 1 fully saturated rings. The first-order valence-corrected chi connectivity index (χ1v) is 7.75. The van der Waals surface area contributed by atoms with E-state index in [-0.39, 0.29) is 11.7 Å². The zero-order chi connectivity index (χ0) is 15.4. The number of benzene rings is 1. The van der Waals surface area contributed by atoms with E-state index in [0.29, 0.717) is 11.4 Å². The van der Waals surface area contributed by atoms with Gasteiger partial charge in [-0.05, 0) is 31.2 Å². The van der Waals surface area contributed by atoms with Crippen LogP contribution in [0.4, 0.5) is 10.1 Å². The van der Waals surface area contributed by atoms with Crippen LogP contribution < -0.4 is 15.6 Å². The van der Waals surface area contributed by atoms with Crippen molar-refractivity contribution >= 4 is 17.9 Å². The summed E-state index contributed by atoms with van der Waals surface area (Å²) in [5.74, 6) is -0.436. The number of nitrogens with zero attached hydrogens (tertiary/aromatic N) is 1. The lowest BCUT2D eigenvalue weighted by Gasteiger charge is -2.11. The predicted molar refractivity (Wildman–Crippen MR) is 85.6 cm³/mol. The highest BCUT2D eigenvalue weighted by molar-refractivity contribution is 7.96. The molecule has 1 atom stereocenters. The van der Waals surface area contributed by atoms with Gasteiger partial charge in [-0.25, -0.2) is 4.39 Å². The molecule has 0 bridgehead atoms. The van der Waals surface area contributed by atoms with Gasteiger partial charge in [-0.1, -0.05) is 6.07 Å². The number of nitrogens with one attached hydrogen (secondary N) is 2. The van der Waals surface area contributed by atoms with Crippen molar-refractivity contribution in [3.05, 3.63) is 58.8 Å². The number of hydrogen-bond acceptors (Lipinski definition) is 5. The highest BCUT2D eigenvalue weighted by atomic mass is 32.2. The third-order valence-electron chi connectivity index (χ3n) is 3.40. The fourth-order valence-electron chi connectivity index (χ4n) is 2.22. The molecule has 1 aliphatic rings. The number of rotatable bonds is 5. The van der Waals surface area contributed by atoms with Gasteiger partial charge in [-0.15, -0.1) is 0 Å². The zero-order valence-corrected chi connectivity index (χ0v) is 12.6. The van der Waals surface area contributed by atoms with Gasteiger partial charge < -0.3 is 10.0 Å². The van der Waals surface area contributed by atoms with Crippen molar-refractivity contribution in [3.63, 3.8) is 0 Å². The fraction of sp³-hybridized carbons (Fsp3) is 0.267. The molecule has 0 aliphatic carbocycles. The summed E-state index contributed by atoms with van der Waals surface area (Å²) in [6.45, 7) is 1.76. The molecule has 2 aromatic rings. The van der Waals surface area contributed by atoms with Crippen molar-refractivity contribution in [1.29, 1.82) is 0 Å². The van der Waals surface area contributed by atoms with Crippen LogP contribution in [0.1, 0.15) is 6.42 Å². The van der Waals surface area contributed by atoms with Crippen molar-refractivity contribution in [2.45, 2.75) is 12.5 Å². The normalized spacial score (nSPS) is 17.6. The Morgan fingerprint density at radius 1 is 1.36 bits per heavy atom. The van der Waals surface area contributed by atoms with Crippen molar-refractivity contribution < 1.29 is 8.57 Å². The molecule has 0 amide bonds. The van der Waals surface area contributed by atoms with Gasteiger partial charge in [0, 0.05) is 24.9 Å². The largest absolute Gasteiger partial charge is 0.314 e. The molecule has 2 N–H and O–H groups in total. The maximum absolute atomic E-state index is 14.1. The van der Waals surface area contributed by atoms with E-state index in [2.05, 4.69) is 10.0 Å². The lowest BCUT2D eigenvalue weighted by atomic mass is 10.2. The summed E-state index contributed by atoms with van der Waals surface area (Å²) in [6, 6.07) is 9.41. The Bertz CT molecular complexity index is 701. The van der Waals surface area contributed by atoms with E-state index >= 15 is 0 Å². The molecule has 3 rings (SSSR count). The molecule has 1 unspecified atom stereocenters. The molecule has 0 radical (unpaired) electrons. The third-order valence-corrected chi connectivity index (χ3v) is 4.08. The van der Waals surface area contributed by atoms with Crippen molar-refractivity contribution in [1.82, 2.24) is 9.88 Å². The lowest BCUT2D eigenvalue weighted by Crippen LogP contribution is -2.16. The molecule has 0 spiro atoms. The number of anilines is 1. The number of pyridine rings is 1. The summed E-state index contributed by atoms with van der Waals surface area (Å²) in [6.07, 6.45) is 2.70. The Morgan fingerprint density at radius 3 is 3.00 bits per heavy atom. The second kappa shape index (κ2) is 6.95. The first-order valence-electron chi connectivity index (χ1n) is 7.01. The van der Waals surface area contributed by atoms with Gasteiger partial charge in [-0.3, -0.25) is 13.5 Å². The van der Waals surface area contributed by atoms with Crippen LogP contribution in [0.2, 0.25) is 0 Å². The van der Waals surface area contributed by atoms with E-state index < -0.39 is 5.82 Å². The van der Waals surface area contributed by atoms with E-state index in [0.717, 1.165) is 31.7 Å². The summed E-state index contributed by atoms with van der Waals surface area (Å²) in [4.78, 5) is 11.7. The zero-order valence-electron chi connectivity index (χ0n) is 11.8. The molecule has 2 heterocycles. The molecule has 22 heavy (non-hydrogen) atoms. The molecule has 7 heteroatoms. The monoisotopic (exact) mass is 321 g/mol. The lowest BCUT2D eigenvalue weighted by molar-refractivity contribution is 0.267. The highest BCUT2D eigenvalue weighted by Crippen LogP contribution is 2.22. The Morgan fingerprint density at radius 2 is 2.27 bits per heavy atom. The minimum atomic E-state index is -0.436.